The number of amides is 4. The molecule has 1 aromatic rings. The van der Waals surface area contributed by atoms with Crippen LogP contribution in [0.3, 0.4) is 0 Å². The zero-order valence-electron chi connectivity index (χ0n) is 13.6. The number of benzene rings is 1. The predicted molar refractivity (Wildman–Crippen MR) is 85.8 cm³/mol. The number of urea groups is 1. The number of carbonyl (C=O) groups excluding carboxylic acids is 3. The number of aliphatic hydroxyl groups is 1. The lowest BCUT2D eigenvalue weighted by Gasteiger charge is -2.42. The fraction of sp³-hybridized carbons (Fsp3) is 0.471. The summed E-state index contributed by atoms with van der Waals surface area (Å²) in [5.74, 6) is -0.980. The molecule has 2 fully saturated rings. The maximum absolute atomic E-state index is 12.5. The molecule has 3 rings (SSSR count). The minimum absolute atomic E-state index is 0.231. The van der Waals surface area contributed by atoms with E-state index >= 15 is 0 Å². The molecule has 128 valence electrons. The largest absolute Gasteiger partial charge is 0.388 e. The molecule has 1 spiro atoms. The van der Waals surface area contributed by atoms with Crippen molar-refractivity contribution in [2.75, 3.05) is 0 Å². The van der Waals surface area contributed by atoms with Gasteiger partial charge >= 0.3 is 6.03 Å². The third-order valence-corrected chi connectivity index (χ3v) is 4.70. The van der Waals surface area contributed by atoms with Crippen molar-refractivity contribution in [3.63, 3.8) is 0 Å². The Hall–Kier alpha value is -2.41. The molecule has 1 aliphatic heterocycles. The van der Waals surface area contributed by atoms with E-state index in [1.54, 1.807) is 13.8 Å². The van der Waals surface area contributed by atoms with E-state index in [2.05, 4.69) is 16.0 Å². The van der Waals surface area contributed by atoms with Crippen molar-refractivity contribution in [3.8, 4) is 0 Å². The monoisotopic (exact) mass is 331 g/mol. The normalized spacial score (nSPS) is 27.2. The van der Waals surface area contributed by atoms with Gasteiger partial charge in [0.1, 0.15) is 5.54 Å². The van der Waals surface area contributed by atoms with Gasteiger partial charge in [-0.25, -0.2) is 4.79 Å². The Morgan fingerprint density at radius 2 is 1.92 bits per heavy atom. The lowest BCUT2D eigenvalue weighted by molar-refractivity contribution is -0.138. The number of hydrogen-bond acceptors (Lipinski definition) is 4. The highest BCUT2D eigenvalue weighted by molar-refractivity contribution is 6.08. The minimum Gasteiger partial charge on any atom is -0.388 e. The quantitative estimate of drug-likeness (QED) is 0.606. The number of imide groups is 1. The Kier molecular flexibility index (Phi) is 3.83. The standard InChI is InChI=1S/C17H21N3O4/c1-16(2,24)12(10-6-4-3-5-7-10)18-13(21)11-8-17(9-11)14(22)19-15(23)20-17/h3-7,11-12,24H,8-9H2,1-2H3,(H,18,21)(H2,19,20,22,23). The van der Waals surface area contributed by atoms with E-state index < -0.39 is 23.2 Å². The zero-order chi connectivity index (χ0) is 17.5. The van der Waals surface area contributed by atoms with Crippen molar-refractivity contribution in [1.82, 2.24) is 16.0 Å². The molecule has 2 aliphatic rings. The second-order valence-corrected chi connectivity index (χ2v) is 7.10. The molecule has 1 aliphatic carbocycles. The van der Waals surface area contributed by atoms with Crippen molar-refractivity contribution in [1.29, 1.82) is 0 Å². The second-order valence-electron chi connectivity index (χ2n) is 7.10. The van der Waals surface area contributed by atoms with E-state index in [4.69, 9.17) is 0 Å². The molecule has 1 atom stereocenters. The van der Waals surface area contributed by atoms with Gasteiger partial charge in [-0.1, -0.05) is 30.3 Å². The molecule has 0 aromatic heterocycles. The van der Waals surface area contributed by atoms with Crippen LogP contribution < -0.4 is 16.0 Å². The summed E-state index contributed by atoms with van der Waals surface area (Å²) in [5.41, 5.74) is -1.28. The van der Waals surface area contributed by atoms with Gasteiger partial charge in [0.05, 0.1) is 11.6 Å². The average Bonchev–Trinajstić information content (AvgIpc) is 2.77. The molecule has 1 saturated carbocycles. The minimum atomic E-state index is -1.14. The van der Waals surface area contributed by atoms with Crippen molar-refractivity contribution in [2.45, 2.75) is 43.9 Å². The Morgan fingerprint density at radius 3 is 2.42 bits per heavy atom. The first-order valence-electron chi connectivity index (χ1n) is 7.92. The molecule has 1 unspecified atom stereocenters. The summed E-state index contributed by atoms with van der Waals surface area (Å²) in [6.07, 6.45) is 0.535. The van der Waals surface area contributed by atoms with Crippen LogP contribution in [0, 0.1) is 5.92 Å². The van der Waals surface area contributed by atoms with Crippen LogP contribution in [0.25, 0.3) is 0 Å². The van der Waals surface area contributed by atoms with E-state index in [1.165, 1.54) is 0 Å². The van der Waals surface area contributed by atoms with E-state index in [0.717, 1.165) is 5.56 Å². The van der Waals surface area contributed by atoms with Crippen LogP contribution in [0.2, 0.25) is 0 Å². The third-order valence-electron chi connectivity index (χ3n) is 4.70. The van der Waals surface area contributed by atoms with Gasteiger partial charge in [-0.2, -0.15) is 0 Å². The number of rotatable bonds is 4. The number of carbonyl (C=O) groups is 3. The van der Waals surface area contributed by atoms with Gasteiger partial charge in [0.15, 0.2) is 0 Å². The summed E-state index contributed by atoms with van der Waals surface area (Å²) in [7, 11) is 0. The predicted octanol–water partition coefficient (Wildman–Crippen LogP) is 0.603. The van der Waals surface area contributed by atoms with E-state index in [-0.39, 0.29) is 30.6 Å². The SMILES string of the molecule is CC(C)(O)C(NC(=O)C1CC2(C1)NC(=O)NC2=O)c1ccccc1. The molecule has 1 aromatic carbocycles. The van der Waals surface area contributed by atoms with Crippen molar-refractivity contribution in [2.24, 2.45) is 5.92 Å². The Morgan fingerprint density at radius 1 is 1.29 bits per heavy atom. The van der Waals surface area contributed by atoms with Gasteiger partial charge in [0, 0.05) is 5.92 Å². The van der Waals surface area contributed by atoms with Gasteiger partial charge in [-0.05, 0) is 32.3 Å². The first-order chi connectivity index (χ1) is 11.2. The summed E-state index contributed by atoms with van der Waals surface area (Å²) in [6, 6.07) is 8.16. The molecule has 1 saturated heterocycles. The van der Waals surface area contributed by atoms with Crippen LogP contribution in [0.5, 0.6) is 0 Å². The van der Waals surface area contributed by atoms with Gasteiger partial charge in [-0.15, -0.1) is 0 Å². The molecular weight excluding hydrogens is 310 g/mol. The molecule has 24 heavy (non-hydrogen) atoms. The third kappa shape index (κ3) is 2.87. The molecule has 7 heteroatoms. The highest BCUT2D eigenvalue weighted by Crippen LogP contribution is 2.40. The molecule has 0 bridgehead atoms. The van der Waals surface area contributed by atoms with Crippen LogP contribution in [-0.2, 0) is 9.59 Å². The lowest BCUT2D eigenvalue weighted by Crippen LogP contribution is -2.60. The highest BCUT2D eigenvalue weighted by atomic mass is 16.3. The van der Waals surface area contributed by atoms with Crippen molar-refractivity contribution < 1.29 is 19.5 Å². The fourth-order valence-corrected chi connectivity index (χ4v) is 3.36. The molecule has 4 N–H and O–H groups in total. The Bertz CT molecular complexity index is 675. The summed E-state index contributed by atoms with van der Waals surface area (Å²) >= 11 is 0. The van der Waals surface area contributed by atoms with E-state index in [0.29, 0.717) is 0 Å². The average molecular weight is 331 g/mol. The van der Waals surface area contributed by atoms with Crippen LogP contribution in [0.1, 0.15) is 38.3 Å². The summed E-state index contributed by atoms with van der Waals surface area (Å²) in [5, 5.41) is 18.1. The van der Waals surface area contributed by atoms with Crippen LogP contribution >= 0.6 is 0 Å². The lowest BCUT2D eigenvalue weighted by atomic mass is 9.67. The molecule has 7 nitrogen and oxygen atoms in total. The highest BCUT2D eigenvalue weighted by Gasteiger charge is 2.57. The van der Waals surface area contributed by atoms with Gasteiger partial charge in [0.2, 0.25) is 5.91 Å². The topological polar surface area (TPSA) is 108 Å². The first-order valence-corrected chi connectivity index (χ1v) is 7.92. The fourth-order valence-electron chi connectivity index (χ4n) is 3.36. The Labute approximate surface area is 139 Å². The zero-order valence-corrected chi connectivity index (χ0v) is 13.6. The number of hydrogen-bond donors (Lipinski definition) is 4. The summed E-state index contributed by atoms with van der Waals surface area (Å²) in [6.45, 7) is 3.27. The summed E-state index contributed by atoms with van der Waals surface area (Å²) < 4.78 is 0. The van der Waals surface area contributed by atoms with Crippen molar-refractivity contribution >= 4 is 17.8 Å². The van der Waals surface area contributed by atoms with Crippen LogP contribution in [-0.4, -0.2) is 34.1 Å². The molecule has 4 amide bonds. The van der Waals surface area contributed by atoms with Crippen molar-refractivity contribution in [3.05, 3.63) is 35.9 Å². The van der Waals surface area contributed by atoms with Crippen LogP contribution in [0.4, 0.5) is 4.79 Å². The van der Waals surface area contributed by atoms with Gasteiger partial charge < -0.3 is 15.7 Å². The second kappa shape index (κ2) is 5.59. The molecule has 1 heterocycles. The summed E-state index contributed by atoms with van der Waals surface area (Å²) in [4.78, 5) is 35.6. The Balaban J connectivity index is 1.68. The first kappa shape index (κ1) is 16.4. The maximum atomic E-state index is 12.5. The smallest absolute Gasteiger partial charge is 0.322 e. The molecule has 0 radical (unpaired) electrons. The maximum Gasteiger partial charge on any atom is 0.322 e. The molecular formula is C17H21N3O4. The van der Waals surface area contributed by atoms with Gasteiger partial charge in [0.25, 0.3) is 5.91 Å². The van der Waals surface area contributed by atoms with Crippen LogP contribution in [0.15, 0.2) is 30.3 Å². The van der Waals surface area contributed by atoms with E-state index in [1.807, 2.05) is 30.3 Å². The van der Waals surface area contributed by atoms with Gasteiger partial charge in [-0.3, -0.25) is 14.9 Å². The van der Waals surface area contributed by atoms with E-state index in [9.17, 15) is 19.5 Å². The number of nitrogens with one attached hydrogen (secondary N) is 3.